The van der Waals surface area contributed by atoms with Crippen molar-refractivity contribution in [2.45, 2.75) is 12.6 Å². The van der Waals surface area contributed by atoms with Crippen molar-refractivity contribution in [3.63, 3.8) is 0 Å². The van der Waals surface area contributed by atoms with E-state index in [1.807, 2.05) is 60.7 Å². The third kappa shape index (κ3) is 3.35. The summed E-state index contributed by atoms with van der Waals surface area (Å²) in [6.45, 7) is 0.0865. The zero-order valence-corrected chi connectivity index (χ0v) is 11.8. The molecule has 0 unspecified atom stereocenters. The zero-order valence-electron chi connectivity index (χ0n) is 11.8. The molecule has 0 fully saturated rings. The van der Waals surface area contributed by atoms with E-state index in [1.54, 1.807) is 0 Å². The highest BCUT2D eigenvalue weighted by molar-refractivity contribution is 5.76. The minimum Gasteiger partial charge on any atom is -0.344 e. The van der Waals surface area contributed by atoms with Gasteiger partial charge in [0, 0.05) is 0 Å². The number of rotatable bonds is 5. The van der Waals surface area contributed by atoms with Crippen LogP contribution < -0.4 is 5.32 Å². The standard InChI is InChI=1S/C16H15N5O/c22-15(11-21-12-17-19-20-21)18-16(13-7-3-1-4-8-13)14-9-5-2-6-10-14/h1-10,12,16H,11H2,(H,18,22). The molecule has 2 aromatic carbocycles. The molecule has 1 aromatic heterocycles. The molecule has 0 saturated carbocycles. The smallest absolute Gasteiger partial charge is 0.242 e. The first-order valence-corrected chi connectivity index (χ1v) is 6.93. The summed E-state index contributed by atoms with van der Waals surface area (Å²) in [5.41, 5.74) is 2.05. The molecule has 3 rings (SSSR count). The van der Waals surface area contributed by atoms with E-state index in [1.165, 1.54) is 11.0 Å². The Labute approximate surface area is 127 Å². The molecular weight excluding hydrogens is 278 g/mol. The van der Waals surface area contributed by atoms with Crippen LogP contribution in [0.3, 0.4) is 0 Å². The van der Waals surface area contributed by atoms with Gasteiger partial charge in [0.05, 0.1) is 6.04 Å². The fraction of sp³-hybridized carbons (Fsp3) is 0.125. The first-order chi connectivity index (χ1) is 10.8. The van der Waals surface area contributed by atoms with Crippen molar-refractivity contribution < 1.29 is 4.79 Å². The molecule has 1 N–H and O–H groups in total. The van der Waals surface area contributed by atoms with Gasteiger partial charge in [-0.25, -0.2) is 4.68 Å². The first kappa shape index (κ1) is 13.9. The molecule has 0 aliphatic heterocycles. The van der Waals surface area contributed by atoms with Crippen LogP contribution in [-0.4, -0.2) is 26.1 Å². The summed E-state index contributed by atoms with van der Waals surface area (Å²) >= 11 is 0. The van der Waals surface area contributed by atoms with Gasteiger partial charge in [-0.05, 0) is 21.6 Å². The van der Waals surface area contributed by atoms with Crippen LogP contribution in [0.1, 0.15) is 17.2 Å². The number of hydrogen-bond donors (Lipinski definition) is 1. The van der Waals surface area contributed by atoms with E-state index in [2.05, 4.69) is 20.8 Å². The molecule has 0 saturated heterocycles. The lowest BCUT2D eigenvalue weighted by molar-refractivity contribution is -0.122. The fourth-order valence-electron chi connectivity index (χ4n) is 2.26. The molecule has 0 aliphatic carbocycles. The maximum Gasteiger partial charge on any atom is 0.242 e. The monoisotopic (exact) mass is 293 g/mol. The lowest BCUT2D eigenvalue weighted by atomic mass is 9.99. The number of benzene rings is 2. The van der Waals surface area contributed by atoms with Gasteiger partial charge < -0.3 is 5.32 Å². The summed E-state index contributed by atoms with van der Waals surface area (Å²) in [5.74, 6) is -0.148. The second-order valence-corrected chi connectivity index (χ2v) is 4.83. The molecule has 6 heteroatoms. The van der Waals surface area contributed by atoms with E-state index in [-0.39, 0.29) is 18.5 Å². The SMILES string of the molecule is O=C(Cn1cnnn1)NC(c1ccccc1)c1ccccc1. The maximum atomic E-state index is 12.2. The highest BCUT2D eigenvalue weighted by Crippen LogP contribution is 2.21. The molecule has 0 bridgehead atoms. The Bertz CT molecular complexity index is 673. The van der Waals surface area contributed by atoms with Crippen LogP contribution in [-0.2, 0) is 11.3 Å². The van der Waals surface area contributed by atoms with Crippen LogP contribution >= 0.6 is 0 Å². The van der Waals surface area contributed by atoms with Crippen molar-refractivity contribution in [2.24, 2.45) is 0 Å². The number of aromatic nitrogens is 4. The summed E-state index contributed by atoms with van der Waals surface area (Å²) in [7, 11) is 0. The van der Waals surface area contributed by atoms with Crippen molar-refractivity contribution in [2.75, 3.05) is 0 Å². The second-order valence-electron chi connectivity index (χ2n) is 4.83. The van der Waals surface area contributed by atoms with E-state index < -0.39 is 0 Å². The molecule has 1 amide bonds. The van der Waals surface area contributed by atoms with Crippen molar-refractivity contribution >= 4 is 5.91 Å². The molecule has 3 aromatic rings. The van der Waals surface area contributed by atoms with Gasteiger partial charge in [-0.1, -0.05) is 60.7 Å². The molecule has 0 spiro atoms. The van der Waals surface area contributed by atoms with Crippen molar-refractivity contribution in [3.05, 3.63) is 78.1 Å². The summed E-state index contributed by atoms with van der Waals surface area (Å²) < 4.78 is 1.39. The fourth-order valence-corrected chi connectivity index (χ4v) is 2.26. The van der Waals surface area contributed by atoms with E-state index in [4.69, 9.17) is 0 Å². The molecule has 0 atom stereocenters. The molecular formula is C16H15N5O. The van der Waals surface area contributed by atoms with Gasteiger partial charge in [0.1, 0.15) is 12.9 Å². The predicted molar refractivity (Wildman–Crippen MR) is 80.7 cm³/mol. The van der Waals surface area contributed by atoms with Crippen LogP contribution in [0.2, 0.25) is 0 Å². The highest BCUT2D eigenvalue weighted by Gasteiger charge is 2.16. The number of hydrogen-bond acceptors (Lipinski definition) is 4. The van der Waals surface area contributed by atoms with Gasteiger partial charge in [-0.2, -0.15) is 0 Å². The highest BCUT2D eigenvalue weighted by atomic mass is 16.2. The molecule has 6 nitrogen and oxygen atoms in total. The number of carbonyl (C=O) groups excluding carboxylic acids is 1. The van der Waals surface area contributed by atoms with E-state index in [9.17, 15) is 4.79 Å². The van der Waals surface area contributed by atoms with Gasteiger partial charge in [-0.15, -0.1) is 5.10 Å². The summed E-state index contributed by atoms with van der Waals surface area (Å²) in [6.07, 6.45) is 1.42. The Balaban J connectivity index is 1.81. The summed E-state index contributed by atoms with van der Waals surface area (Å²) in [4.78, 5) is 12.2. The lowest BCUT2D eigenvalue weighted by Gasteiger charge is -2.19. The quantitative estimate of drug-likeness (QED) is 0.775. The van der Waals surface area contributed by atoms with E-state index >= 15 is 0 Å². The van der Waals surface area contributed by atoms with Crippen LogP contribution in [0.4, 0.5) is 0 Å². The third-order valence-corrected chi connectivity index (χ3v) is 3.27. The number of nitrogens with zero attached hydrogens (tertiary/aromatic N) is 4. The maximum absolute atomic E-state index is 12.2. The topological polar surface area (TPSA) is 72.7 Å². The van der Waals surface area contributed by atoms with Gasteiger partial charge in [0.2, 0.25) is 5.91 Å². The van der Waals surface area contributed by atoms with Gasteiger partial charge in [0.15, 0.2) is 0 Å². The number of nitrogens with one attached hydrogen (secondary N) is 1. The van der Waals surface area contributed by atoms with E-state index in [0.717, 1.165) is 11.1 Å². The third-order valence-electron chi connectivity index (χ3n) is 3.27. The van der Waals surface area contributed by atoms with Gasteiger partial charge in [0.25, 0.3) is 0 Å². The molecule has 0 radical (unpaired) electrons. The number of carbonyl (C=O) groups is 1. The predicted octanol–water partition coefficient (Wildman–Crippen LogP) is 1.58. The Hall–Kier alpha value is -3.02. The number of amides is 1. The van der Waals surface area contributed by atoms with Crippen molar-refractivity contribution in [1.29, 1.82) is 0 Å². The van der Waals surface area contributed by atoms with Crippen LogP contribution in [0, 0.1) is 0 Å². The van der Waals surface area contributed by atoms with Crippen molar-refractivity contribution in [1.82, 2.24) is 25.5 Å². The number of tetrazole rings is 1. The average Bonchev–Trinajstić information content (AvgIpc) is 3.07. The Kier molecular flexibility index (Phi) is 4.20. The Morgan fingerprint density at radius 1 is 1.00 bits per heavy atom. The van der Waals surface area contributed by atoms with Gasteiger partial charge >= 0.3 is 0 Å². The average molecular weight is 293 g/mol. The van der Waals surface area contributed by atoms with Crippen LogP contribution in [0.5, 0.6) is 0 Å². The minimum atomic E-state index is -0.202. The van der Waals surface area contributed by atoms with Crippen LogP contribution in [0.15, 0.2) is 67.0 Å². The minimum absolute atomic E-state index is 0.0865. The summed E-state index contributed by atoms with van der Waals surface area (Å²) in [6, 6.07) is 19.5. The second kappa shape index (κ2) is 6.62. The molecule has 110 valence electrons. The summed E-state index contributed by atoms with van der Waals surface area (Å²) in [5, 5.41) is 13.8. The van der Waals surface area contributed by atoms with Crippen LogP contribution in [0.25, 0.3) is 0 Å². The Morgan fingerprint density at radius 3 is 2.09 bits per heavy atom. The molecule has 0 aliphatic rings. The van der Waals surface area contributed by atoms with E-state index in [0.29, 0.717) is 0 Å². The Morgan fingerprint density at radius 2 is 1.59 bits per heavy atom. The van der Waals surface area contributed by atoms with Crippen molar-refractivity contribution in [3.8, 4) is 0 Å². The molecule has 22 heavy (non-hydrogen) atoms. The lowest BCUT2D eigenvalue weighted by Crippen LogP contribution is -2.32. The molecule has 1 heterocycles. The zero-order chi connectivity index (χ0) is 15.2. The largest absolute Gasteiger partial charge is 0.344 e. The van der Waals surface area contributed by atoms with Gasteiger partial charge in [-0.3, -0.25) is 4.79 Å². The first-order valence-electron chi connectivity index (χ1n) is 6.93. The normalized spacial score (nSPS) is 10.6.